The molecule has 1 amide bonds. The van der Waals surface area contributed by atoms with Gasteiger partial charge < -0.3 is 19.5 Å². The largest absolute Gasteiger partial charge is 0.497 e. The number of hydrogen-bond donors (Lipinski definition) is 1. The van der Waals surface area contributed by atoms with Crippen LogP contribution in [0.3, 0.4) is 0 Å². The summed E-state index contributed by atoms with van der Waals surface area (Å²) in [6, 6.07) is 14.8. The number of benzene rings is 2. The molecule has 1 N–H and O–H groups in total. The van der Waals surface area contributed by atoms with E-state index < -0.39 is 0 Å². The van der Waals surface area contributed by atoms with Crippen LogP contribution in [0.2, 0.25) is 0 Å². The molecule has 5 nitrogen and oxygen atoms in total. The topological polar surface area (TPSA) is 56.8 Å². The van der Waals surface area contributed by atoms with Gasteiger partial charge in [-0.05, 0) is 35.9 Å². The molecule has 0 aliphatic carbocycles. The van der Waals surface area contributed by atoms with Gasteiger partial charge in [-0.15, -0.1) is 0 Å². The first-order valence-electron chi connectivity index (χ1n) is 7.58. The van der Waals surface area contributed by atoms with E-state index >= 15 is 0 Å². The SMILES string of the molecule is COc1ccc(/C=C/C(=O)NCCOc2ccccc2OC)cc1. The Morgan fingerprint density at radius 1 is 1.00 bits per heavy atom. The molecule has 0 bridgehead atoms. The monoisotopic (exact) mass is 327 g/mol. The summed E-state index contributed by atoms with van der Waals surface area (Å²) < 4.78 is 15.9. The van der Waals surface area contributed by atoms with Crippen molar-refractivity contribution in [3.05, 3.63) is 60.2 Å². The lowest BCUT2D eigenvalue weighted by Crippen LogP contribution is -2.26. The summed E-state index contributed by atoms with van der Waals surface area (Å²) in [5.41, 5.74) is 0.927. The molecule has 2 aromatic carbocycles. The number of nitrogens with one attached hydrogen (secondary N) is 1. The molecule has 2 rings (SSSR count). The lowest BCUT2D eigenvalue weighted by Gasteiger charge is -2.10. The zero-order chi connectivity index (χ0) is 17.2. The first kappa shape index (κ1) is 17.4. The van der Waals surface area contributed by atoms with Gasteiger partial charge in [-0.2, -0.15) is 0 Å². The highest BCUT2D eigenvalue weighted by atomic mass is 16.5. The van der Waals surface area contributed by atoms with Crippen molar-refractivity contribution in [1.29, 1.82) is 0 Å². The summed E-state index contributed by atoms with van der Waals surface area (Å²) >= 11 is 0. The van der Waals surface area contributed by atoms with E-state index in [1.54, 1.807) is 20.3 Å². The van der Waals surface area contributed by atoms with Crippen LogP contribution >= 0.6 is 0 Å². The van der Waals surface area contributed by atoms with E-state index in [0.717, 1.165) is 11.3 Å². The molecule has 0 aliphatic rings. The van der Waals surface area contributed by atoms with E-state index in [2.05, 4.69) is 5.32 Å². The van der Waals surface area contributed by atoms with E-state index in [9.17, 15) is 4.79 Å². The van der Waals surface area contributed by atoms with Crippen LogP contribution < -0.4 is 19.5 Å². The second kappa shape index (κ2) is 9.25. The number of ether oxygens (including phenoxy) is 3. The van der Waals surface area contributed by atoms with Crippen molar-refractivity contribution in [3.8, 4) is 17.2 Å². The summed E-state index contributed by atoms with van der Waals surface area (Å²) in [6.07, 6.45) is 3.24. The van der Waals surface area contributed by atoms with Crippen LogP contribution in [0.4, 0.5) is 0 Å². The van der Waals surface area contributed by atoms with Crippen molar-refractivity contribution in [2.45, 2.75) is 0 Å². The molecule has 0 atom stereocenters. The van der Waals surface area contributed by atoms with Crippen molar-refractivity contribution in [1.82, 2.24) is 5.32 Å². The number of methoxy groups -OCH3 is 2. The maximum atomic E-state index is 11.8. The molecule has 0 saturated heterocycles. The van der Waals surface area contributed by atoms with E-state index in [1.807, 2.05) is 48.5 Å². The smallest absolute Gasteiger partial charge is 0.244 e. The van der Waals surface area contributed by atoms with Gasteiger partial charge in [0.1, 0.15) is 12.4 Å². The van der Waals surface area contributed by atoms with E-state index in [1.165, 1.54) is 6.08 Å². The minimum absolute atomic E-state index is 0.172. The molecule has 0 heterocycles. The number of carbonyl (C=O) groups is 1. The predicted octanol–water partition coefficient (Wildman–Crippen LogP) is 2.91. The molecule has 0 radical (unpaired) electrons. The van der Waals surface area contributed by atoms with Gasteiger partial charge in [-0.3, -0.25) is 4.79 Å². The fourth-order valence-electron chi connectivity index (χ4n) is 2.02. The van der Waals surface area contributed by atoms with Gasteiger partial charge in [-0.25, -0.2) is 0 Å². The van der Waals surface area contributed by atoms with E-state index in [-0.39, 0.29) is 5.91 Å². The van der Waals surface area contributed by atoms with Gasteiger partial charge in [0.2, 0.25) is 5.91 Å². The highest BCUT2D eigenvalue weighted by Crippen LogP contribution is 2.25. The van der Waals surface area contributed by atoms with Gasteiger partial charge in [0.05, 0.1) is 20.8 Å². The summed E-state index contributed by atoms with van der Waals surface area (Å²) in [5, 5.41) is 2.77. The van der Waals surface area contributed by atoms with E-state index in [0.29, 0.717) is 24.7 Å². The number of carbonyl (C=O) groups excluding carboxylic acids is 1. The zero-order valence-corrected chi connectivity index (χ0v) is 13.8. The fraction of sp³-hybridized carbons (Fsp3) is 0.211. The van der Waals surface area contributed by atoms with Gasteiger partial charge in [0.25, 0.3) is 0 Å². The highest BCUT2D eigenvalue weighted by Gasteiger charge is 2.02. The summed E-state index contributed by atoms with van der Waals surface area (Å²) in [4.78, 5) is 11.8. The average molecular weight is 327 g/mol. The maximum Gasteiger partial charge on any atom is 0.244 e. The molecule has 0 saturated carbocycles. The second-order valence-electron chi connectivity index (χ2n) is 4.90. The molecular weight excluding hydrogens is 306 g/mol. The van der Waals surface area contributed by atoms with Crippen molar-refractivity contribution in [3.63, 3.8) is 0 Å². The van der Waals surface area contributed by atoms with Crippen LogP contribution in [0, 0.1) is 0 Å². The fourth-order valence-corrected chi connectivity index (χ4v) is 2.02. The molecule has 126 valence electrons. The van der Waals surface area contributed by atoms with Gasteiger partial charge >= 0.3 is 0 Å². The Bertz CT molecular complexity index is 680. The van der Waals surface area contributed by atoms with Crippen LogP contribution in [0.25, 0.3) is 6.08 Å². The van der Waals surface area contributed by atoms with Crippen LogP contribution in [0.5, 0.6) is 17.2 Å². The molecule has 0 fully saturated rings. The molecule has 0 spiro atoms. The lowest BCUT2D eigenvalue weighted by atomic mass is 10.2. The number of hydrogen-bond acceptors (Lipinski definition) is 4. The Morgan fingerprint density at radius 3 is 2.38 bits per heavy atom. The molecule has 24 heavy (non-hydrogen) atoms. The Hall–Kier alpha value is -2.95. The normalized spacial score (nSPS) is 10.4. The van der Waals surface area contributed by atoms with Gasteiger partial charge in [0, 0.05) is 6.08 Å². The molecule has 5 heteroatoms. The molecule has 0 aliphatic heterocycles. The quantitative estimate of drug-likeness (QED) is 0.598. The summed E-state index contributed by atoms with van der Waals surface area (Å²) in [7, 11) is 3.21. The lowest BCUT2D eigenvalue weighted by molar-refractivity contribution is -0.116. The van der Waals surface area contributed by atoms with Crippen molar-refractivity contribution in [2.75, 3.05) is 27.4 Å². The van der Waals surface area contributed by atoms with Gasteiger partial charge in [-0.1, -0.05) is 24.3 Å². The van der Waals surface area contributed by atoms with Crippen LogP contribution in [0.15, 0.2) is 54.6 Å². The zero-order valence-electron chi connectivity index (χ0n) is 13.8. The number of rotatable bonds is 8. The number of amides is 1. The third-order valence-electron chi connectivity index (χ3n) is 3.27. The number of para-hydroxylation sites is 2. The highest BCUT2D eigenvalue weighted by molar-refractivity contribution is 5.91. The molecular formula is C19H21NO4. The van der Waals surface area contributed by atoms with Gasteiger partial charge in [0.15, 0.2) is 11.5 Å². The van der Waals surface area contributed by atoms with Crippen LogP contribution in [-0.4, -0.2) is 33.3 Å². The predicted molar refractivity (Wildman–Crippen MR) is 93.5 cm³/mol. The summed E-state index contributed by atoms with van der Waals surface area (Å²) in [6.45, 7) is 0.770. The van der Waals surface area contributed by atoms with E-state index in [4.69, 9.17) is 14.2 Å². The average Bonchev–Trinajstić information content (AvgIpc) is 2.64. The first-order chi connectivity index (χ1) is 11.7. The molecule has 0 aromatic heterocycles. The maximum absolute atomic E-state index is 11.8. The Kier molecular flexibility index (Phi) is 6.71. The van der Waals surface area contributed by atoms with Crippen LogP contribution in [-0.2, 0) is 4.79 Å². The minimum atomic E-state index is -0.172. The first-order valence-corrected chi connectivity index (χ1v) is 7.58. The Morgan fingerprint density at radius 2 is 1.71 bits per heavy atom. The Labute approximate surface area is 141 Å². The molecule has 0 unspecified atom stereocenters. The standard InChI is InChI=1S/C19H21NO4/c1-22-16-10-7-15(8-11-16)9-12-19(21)20-13-14-24-18-6-4-3-5-17(18)23-2/h3-12H,13-14H2,1-2H3,(H,20,21)/b12-9+. The Balaban J connectivity index is 1.73. The summed E-state index contributed by atoms with van der Waals surface area (Å²) in [5.74, 6) is 1.94. The third-order valence-corrected chi connectivity index (χ3v) is 3.27. The molecule has 2 aromatic rings. The second-order valence-corrected chi connectivity index (χ2v) is 4.90. The van der Waals surface area contributed by atoms with Crippen molar-refractivity contribution >= 4 is 12.0 Å². The van der Waals surface area contributed by atoms with Crippen LogP contribution in [0.1, 0.15) is 5.56 Å². The van der Waals surface area contributed by atoms with Crippen molar-refractivity contribution < 1.29 is 19.0 Å². The van der Waals surface area contributed by atoms with Crippen molar-refractivity contribution in [2.24, 2.45) is 0 Å². The third kappa shape index (κ3) is 5.35. The minimum Gasteiger partial charge on any atom is -0.497 e.